The van der Waals surface area contributed by atoms with Crippen molar-refractivity contribution in [2.75, 3.05) is 18.1 Å². The lowest BCUT2D eigenvalue weighted by Gasteiger charge is -2.20. The van der Waals surface area contributed by atoms with Gasteiger partial charge in [0, 0.05) is 11.8 Å². The Labute approximate surface area is 104 Å². The van der Waals surface area contributed by atoms with Crippen LogP contribution >= 0.6 is 0 Å². The van der Waals surface area contributed by atoms with Gasteiger partial charge in [0.25, 0.3) is 0 Å². The molecule has 1 rings (SSSR count). The highest BCUT2D eigenvalue weighted by Gasteiger charge is 2.19. The third kappa shape index (κ3) is 4.13. The Hall–Kier alpha value is -0.870. The first-order valence-electron chi connectivity index (χ1n) is 5.99. The highest BCUT2D eigenvalue weighted by molar-refractivity contribution is 7.91. The van der Waals surface area contributed by atoms with Gasteiger partial charge < -0.3 is 5.32 Å². The molecule has 0 spiro atoms. The van der Waals surface area contributed by atoms with Crippen LogP contribution in [-0.2, 0) is 9.84 Å². The molecule has 0 aromatic heterocycles. The zero-order valence-electron chi connectivity index (χ0n) is 10.7. The van der Waals surface area contributed by atoms with Crippen LogP contribution in [0.3, 0.4) is 0 Å². The van der Waals surface area contributed by atoms with Crippen molar-refractivity contribution in [2.45, 2.75) is 26.8 Å². The van der Waals surface area contributed by atoms with Gasteiger partial charge in [0.15, 0.2) is 9.84 Å². The molecule has 0 radical (unpaired) electrons. The summed E-state index contributed by atoms with van der Waals surface area (Å²) in [6, 6.07) is 7.82. The first-order chi connectivity index (χ1) is 8.00. The van der Waals surface area contributed by atoms with Crippen LogP contribution < -0.4 is 5.32 Å². The van der Waals surface area contributed by atoms with E-state index in [0.717, 1.165) is 17.7 Å². The van der Waals surface area contributed by atoms with Crippen molar-refractivity contribution < 1.29 is 8.42 Å². The number of aryl methyl sites for hydroxylation is 1. The molecular formula is C13H21NO2S. The molecular weight excluding hydrogens is 234 g/mol. The predicted molar refractivity (Wildman–Crippen MR) is 71.9 cm³/mol. The lowest BCUT2D eigenvalue weighted by molar-refractivity contribution is 0.559. The predicted octanol–water partition coefficient (Wildman–Crippen LogP) is 2.08. The maximum Gasteiger partial charge on any atom is 0.151 e. The molecule has 0 heterocycles. The van der Waals surface area contributed by atoms with E-state index in [1.54, 1.807) is 6.92 Å². The van der Waals surface area contributed by atoms with Crippen molar-refractivity contribution in [1.82, 2.24) is 5.32 Å². The number of hydrogen-bond donors (Lipinski definition) is 1. The smallest absolute Gasteiger partial charge is 0.151 e. The summed E-state index contributed by atoms with van der Waals surface area (Å²) < 4.78 is 23.5. The largest absolute Gasteiger partial charge is 0.309 e. The second-order valence-electron chi connectivity index (χ2n) is 4.17. The summed E-state index contributed by atoms with van der Waals surface area (Å²) in [6.45, 7) is 6.45. The van der Waals surface area contributed by atoms with Gasteiger partial charge in [-0.2, -0.15) is 0 Å². The molecule has 0 bridgehead atoms. The van der Waals surface area contributed by atoms with Gasteiger partial charge in [0.1, 0.15) is 0 Å². The Bertz CT molecular complexity index is 454. The Morgan fingerprint density at radius 1 is 1.24 bits per heavy atom. The van der Waals surface area contributed by atoms with Crippen LogP contribution in [0.1, 0.15) is 31.0 Å². The molecule has 1 N–H and O–H groups in total. The van der Waals surface area contributed by atoms with E-state index in [1.165, 1.54) is 0 Å². The van der Waals surface area contributed by atoms with Gasteiger partial charge in [-0.3, -0.25) is 0 Å². The minimum absolute atomic E-state index is 0.105. The zero-order chi connectivity index (χ0) is 12.9. The normalized spacial score (nSPS) is 13.6. The number of rotatable bonds is 6. The van der Waals surface area contributed by atoms with Gasteiger partial charge in [-0.25, -0.2) is 8.42 Å². The van der Waals surface area contributed by atoms with Crippen molar-refractivity contribution in [3.8, 4) is 0 Å². The summed E-state index contributed by atoms with van der Waals surface area (Å²) in [7, 11) is -2.97. The first kappa shape index (κ1) is 14.2. The topological polar surface area (TPSA) is 46.2 Å². The summed E-state index contributed by atoms with van der Waals surface area (Å²) in [5, 5.41) is 3.25. The minimum atomic E-state index is -2.97. The van der Waals surface area contributed by atoms with Crippen molar-refractivity contribution in [1.29, 1.82) is 0 Å². The molecule has 0 aliphatic carbocycles. The van der Waals surface area contributed by atoms with Crippen LogP contribution in [0.5, 0.6) is 0 Å². The third-order valence-electron chi connectivity index (χ3n) is 2.87. The van der Waals surface area contributed by atoms with E-state index in [-0.39, 0.29) is 17.5 Å². The van der Waals surface area contributed by atoms with Crippen LogP contribution in [0.4, 0.5) is 0 Å². The van der Waals surface area contributed by atoms with E-state index in [2.05, 4.69) is 5.32 Å². The highest BCUT2D eigenvalue weighted by Crippen LogP contribution is 2.19. The molecule has 17 heavy (non-hydrogen) atoms. The van der Waals surface area contributed by atoms with E-state index >= 15 is 0 Å². The monoisotopic (exact) mass is 255 g/mol. The van der Waals surface area contributed by atoms with Gasteiger partial charge in [-0.15, -0.1) is 0 Å². The van der Waals surface area contributed by atoms with Gasteiger partial charge in [-0.05, 0) is 24.6 Å². The summed E-state index contributed by atoms with van der Waals surface area (Å²) in [4.78, 5) is 0. The highest BCUT2D eigenvalue weighted by atomic mass is 32.2. The molecule has 4 heteroatoms. The van der Waals surface area contributed by atoms with Crippen molar-refractivity contribution in [3.63, 3.8) is 0 Å². The Kier molecular flexibility index (Phi) is 5.15. The molecule has 0 fully saturated rings. The fourth-order valence-electron chi connectivity index (χ4n) is 1.85. The molecule has 96 valence electrons. The Morgan fingerprint density at radius 3 is 2.41 bits per heavy atom. The molecule has 1 aromatic carbocycles. The van der Waals surface area contributed by atoms with E-state index in [4.69, 9.17) is 0 Å². The average molecular weight is 255 g/mol. The lowest BCUT2D eigenvalue weighted by atomic mass is 10.0. The van der Waals surface area contributed by atoms with E-state index < -0.39 is 9.84 Å². The lowest BCUT2D eigenvalue weighted by Crippen LogP contribution is -2.29. The van der Waals surface area contributed by atoms with Crippen LogP contribution in [-0.4, -0.2) is 26.5 Å². The van der Waals surface area contributed by atoms with E-state index in [1.807, 2.05) is 38.1 Å². The maximum atomic E-state index is 11.7. The third-order valence-corrected chi connectivity index (χ3v) is 4.60. The number of sulfone groups is 1. The SMILES string of the molecule is CCNC(CS(=O)(=O)CC)c1ccccc1C. The van der Waals surface area contributed by atoms with Crippen molar-refractivity contribution in [3.05, 3.63) is 35.4 Å². The quantitative estimate of drug-likeness (QED) is 0.846. The maximum absolute atomic E-state index is 11.7. The summed E-state index contributed by atoms with van der Waals surface area (Å²) >= 11 is 0. The standard InChI is InChI=1S/C13H21NO2S/c1-4-14-13(10-17(15,16)5-2)12-9-7-6-8-11(12)3/h6-9,13-14H,4-5,10H2,1-3H3. The van der Waals surface area contributed by atoms with E-state index in [0.29, 0.717) is 0 Å². The van der Waals surface area contributed by atoms with Crippen LogP contribution in [0, 0.1) is 6.92 Å². The van der Waals surface area contributed by atoms with Gasteiger partial charge in [0.05, 0.1) is 5.75 Å². The second kappa shape index (κ2) is 6.17. The number of nitrogens with one attached hydrogen (secondary N) is 1. The summed E-state index contributed by atoms with van der Waals surface area (Å²) in [6.07, 6.45) is 0. The van der Waals surface area contributed by atoms with Crippen molar-refractivity contribution in [2.24, 2.45) is 0 Å². The number of hydrogen-bond acceptors (Lipinski definition) is 3. The average Bonchev–Trinajstić information content (AvgIpc) is 2.29. The van der Waals surface area contributed by atoms with Gasteiger partial charge in [-0.1, -0.05) is 38.1 Å². The molecule has 1 aromatic rings. The molecule has 0 saturated carbocycles. The molecule has 3 nitrogen and oxygen atoms in total. The minimum Gasteiger partial charge on any atom is -0.309 e. The second-order valence-corrected chi connectivity index (χ2v) is 6.56. The molecule has 0 saturated heterocycles. The molecule has 1 unspecified atom stereocenters. The van der Waals surface area contributed by atoms with E-state index in [9.17, 15) is 8.42 Å². The Morgan fingerprint density at radius 2 is 1.88 bits per heavy atom. The zero-order valence-corrected chi connectivity index (χ0v) is 11.5. The van der Waals surface area contributed by atoms with Gasteiger partial charge in [0.2, 0.25) is 0 Å². The molecule has 0 aliphatic rings. The van der Waals surface area contributed by atoms with Crippen LogP contribution in [0.25, 0.3) is 0 Å². The summed E-state index contributed by atoms with van der Waals surface area (Å²) in [5.74, 6) is 0.364. The fourth-order valence-corrected chi connectivity index (χ4v) is 2.90. The number of benzene rings is 1. The molecule has 1 atom stereocenters. The van der Waals surface area contributed by atoms with Gasteiger partial charge >= 0.3 is 0 Å². The fraction of sp³-hybridized carbons (Fsp3) is 0.538. The summed E-state index contributed by atoms with van der Waals surface area (Å²) in [5.41, 5.74) is 2.20. The van der Waals surface area contributed by atoms with Crippen molar-refractivity contribution >= 4 is 9.84 Å². The Balaban J connectivity index is 2.98. The first-order valence-corrected chi connectivity index (χ1v) is 7.81. The molecule has 0 aliphatic heterocycles. The van der Waals surface area contributed by atoms with Crippen LogP contribution in [0.2, 0.25) is 0 Å². The molecule has 0 amide bonds. The van der Waals surface area contributed by atoms with Crippen LogP contribution in [0.15, 0.2) is 24.3 Å².